The topological polar surface area (TPSA) is 56.1 Å². The van der Waals surface area contributed by atoms with Crippen LogP contribution in [0.5, 0.6) is 5.75 Å². The number of amides is 1. The van der Waals surface area contributed by atoms with Gasteiger partial charge in [0.25, 0.3) is 5.91 Å². The van der Waals surface area contributed by atoms with E-state index in [2.05, 4.69) is 10.4 Å². The Morgan fingerprint density at radius 2 is 1.79 bits per heavy atom. The molecule has 3 aromatic carbocycles. The first kappa shape index (κ1) is 23.5. The maximum Gasteiger partial charge on any atom is 0.255 e. The average molecular weight is 478 g/mol. The summed E-state index contributed by atoms with van der Waals surface area (Å²) in [5, 5.41) is 8.16. The van der Waals surface area contributed by atoms with E-state index in [0.717, 1.165) is 28.1 Å². The van der Waals surface area contributed by atoms with Gasteiger partial charge in [0.05, 0.1) is 23.6 Å². The van der Waals surface area contributed by atoms with Crippen LogP contribution in [0, 0.1) is 26.6 Å². The van der Waals surface area contributed by atoms with Crippen molar-refractivity contribution in [3.63, 3.8) is 0 Å². The molecule has 4 aromatic rings. The minimum absolute atomic E-state index is 0.235. The largest absolute Gasteiger partial charge is 0.489 e. The SMILES string of the molecule is Cc1cc(Cl)ccc1OCc1cccc(C(=O)Nc2c(C)nn(Cc3cccc(F)c3)c2C)c1. The van der Waals surface area contributed by atoms with Crippen LogP contribution >= 0.6 is 11.6 Å². The molecule has 0 aliphatic carbocycles. The highest BCUT2D eigenvalue weighted by Gasteiger charge is 2.16. The normalized spacial score (nSPS) is 10.9. The van der Waals surface area contributed by atoms with E-state index in [1.54, 1.807) is 22.9 Å². The highest BCUT2D eigenvalue weighted by Crippen LogP contribution is 2.24. The van der Waals surface area contributed by atoms with Crippen molar-refractivity contribution in [1.29, 1.82) is 0 Å². The highest BCUT2D eigenvalue weighted by molar-refractivity contribution is 6.30. The number of hydrogen-bond donors (Lipinski definition) is 1. The van der Waals surface area contributed by atoms with Gasteiger partial charge in [0.2, 0.25) is 0 Å². The summed E-state index contributed by atoms with van der Waals surface area (Å²) in [5.41, 5.74) is 5.28. The molecule has 7 heteroatoms. The van der Waals surface area contributed by atoms with E-state index >= 15 is 0 Å². The molecule has 0 saturated heterocycles. The van der Waals surface area contributed by atoms with E-state index in [9.17, 15) is 9.18 Å². The van der Waals surface area contributed by atoms with E-state index in [4.69, 9.17) is 16.3 Å². The minimum Gasteiger partial charge on any atom is -0.489 e. The fourth-order valence-electron chi connectivity index (χ4n) is 3.76. The van der Waals surface area contributed by atoms with Gasteiger partial charge in [0.1, 0.15) is 18.2 Å². The van der Waals surface area contributed by atoms with Gasteiger partial charge < -0.3 is 10.1 Å². The van der Waals surface area contributed by atoms with Crippen LogP contribution in [0.25, 0.3) is 0 Å². The number of nitrogens with zero attached hydrogens (tertiary/aromatic N) is 2. The van der Waals surface area contributed by atoms with Crippen LogP contribution < -0.4 is 10.1 Å². The summed E-state index contributed by atoms with van der Waals surface area (Å²) < 4.78 is 21.2. The monoisotopic (exact) mass is 477 g/mol. The van der Waals surface area contributed by atoms with Gasteiger partial charge in [0, 0.05) is 10.6 Å². The third kappa shape index (κ3) is 5.46. The maximum atomic E-state index is 13.5. The van der Waals surface area contributed by atoms with Crippen molar-refractivity contribution in [2.24, 2.45) is 0 Å². The molecule has 1 N–H and O–H groups in total. The van der Waals surface area contributed by atoms with Crippen LogP contribution in [0.15, 0.2) is 66.7 Å². The van der Waals surface area contributed by atoms with E-state index in [0.29, 0.717) is 35.1 Å². The molecule has 0 unspecified atom stereocenters. The van der Waals surface area contributed by atoms with Crippen LogP contribution in [0.4, 0.5) is 10.1 Å². The Kier molecular flexibility index (Phi) is 6.98. The molecule has 0 spiro atoms. The van der Waals surface area contributed by atoms with E-state index in [-0.39, 0.29) is 11.7 Å². The standard InChI is InChI=1S/C27H25ClFN3O2/c1-17-12-23(28)10-11-25(17)34-16-21-7-4-8-22(13-21)27(33)30-26-18(2)31-32(19(26)3)15-20-6-5-9-24(29)14-20/h4-14H,15-16H2,1-3H3,(H,30,33). The Balaban J connectivity index is 1.46. The van der Waals surface area contributed by atoms with Gasteiger partial charge in [0.15, 0.2) is 0 Å². The summed E-state index contributed by atoms with van der Waals surface area (Å²) in [6.07, 6.45) is 0. The van der Waals surface area contributed by atoms with Crippen molar-refractivity contribution < 1.29 is 13.9 Å². The van der Waals surface area contributed by atoms with Crippen LogP contribution in [0.1, 0.15) is 38.4 Å². The average Bonchev–Trinajstić information content (AvgIpc) is 3.06. The third-order valence-electron chi connectivity index (χ3n) is 5.56. The van der Waals surface area contributed by atoms with Crippen molar-refractivity contribution in [2.45, 2.75) is 33.9 Å². The molecule has 0 saturated carbocycles. The Bertz CT molecular complexity index is 1350. The molecule has 0 aliphatic heterocycles. The molecule has 1 aromatic heterocycles. The van der Waals surface area contributed by atoms with Gasteiger partial charge in [-0.15, -0.1) is 0 Å². The lowest BCUT2D eigenvalue weighted by atomic mass is 10.1. The summed E-state index contributed by atoms with van der Waals surface area (Å²) >= 11 is 6.01. The summed E-state index contributed by atoms with van der Waals surface area (Å²) in [5.74, 6) is 0.222. The fourth-order valence-corrected chi connectivity index (χ4v) is 3.99. The second-order valence-corrected chi connectivity index (χ2v) is 8.62. The molecule has 0 bridgehead atoms. The van der Waals surface area contributed by atoms with Gasteiger partial charge in [-0.25, -0.2) is 4.39 Å². The van der Waals surface area contributed by atoms with Crippen molar-refractivity contribution in [3.05, 3.63) is 111 Å². The highest BCUT2D eigenvalue weighted by atomic mass is 35.5. The lowest BCUT2D eigenvalue weighted by molar-refractivity contribution is 0.102. The zero-order valence-corrected chi connectivity index (χ0v) is 20.0. The van der Waals surface area contributed by atoms with Crippen LogP contribution in [-0.4, -0.2) is 15.7 Å². The second kappa shape index (κ2) is 10.1. The number of nitrogens with one attached hydrogen (secondary N) is 1. The van der Waals surface area contributed by atoms with E-state index < -0.39 is 0 Å². The van der Waals surface area contributed by atoms with Gasteiger partial charge >= 0.3 is 0 Å². The first-order chi connectivity index (χ1) is 16.3. The lowest BCUT2D eigenvalue weighted by Crippen LogP contribution is -2.14. The Morgan fingerprint density at radius 1 is 1.03 bits per heavy atom. The molecule has 4 rings (SSSR count). The zero-order valence-electron chi connectivity index (χ0n) is 19.2. The molecular formula is C27H25ClFN3O2. The number of rotatable bonds is 7. The Labute approximate surface area is 203 Å². The smallest absolute Gasteiger partial charge is 0.255 e. The van der Waals surface area contributed by atoms with Crippen LogP contribution in [-0.2, 0) is 13.2 Å². The number of benzene rings is 3. The summed E-state index contributed by atoms with van der Waals surface area (Å²) in [6.45, 7) is 6.39. The van der Waals surface area contributed by atoms with Gasteiger partial charge in [-0.3, -0.25) is 9.48 Å². The summed E-state index contributed by atoms with van der Waals surface area (Å²) in [7, 11) is 0. The van der Waals surface area contributed by atoms with Crippen LogP contribution in [0.3, 0.4) is 0 Å². The van der Waals surface area contributed by atoms with E-state index in [1.165, 1.54) is 12.1 Å². The minimum atomic E-state index is -0.289. The lowest BCUT2D eigenvalue weighted by Gasteiger charge is -2.11. The van der Waals surface area contributed by atoms with Crippen molar-refractivity contribution in [2.75, 3.05) is 5.32 Å². The molecule has 1 heterocycles. The molecule has 34 heavy (non-hydrogen) atoms. The maximum absolute atomic E-state index is 13.5. The van der Waals surface area contributed by atoms with Crippen LogP contribution in [0.2, 0.25) is 5.02 Å². The molecule has 0 fully saturated rings. The van der Waals surface area contributed by atoms with Crippen molar-refractivity contribution in [3.8, 4) is 5.75 Å². The molecule has 0 aliphatic rings. The Hall–Kier alpha value is -3.64. The zero-order chi connectivity index (χ0) is 24.2. The first-order valence-electron chi connectivity index (χ1n) is 10.9. The number of aromatic nitrogens is 2. The predicted octanol–water partition coefficient (Wildman–Crippen LogP) is 6.48. The van der Waals surface area contributed by atoms with Crippen molar-refractivity contribution >= 4 is 23.2 Å². The van der Waals surface area contributed by atoms with Gasteiger partial charge in [-0.1, -0.05) is 35.9 Å². The van der Waals surface area contributed by atoms with Crippen molar-refractivity contribution in [1.82, 2.24) is 9.78 Å². The number of aryl methyl sites for hydroxylation is 2. The number of ether oxygens (including phenoxy) is 1. The first-order valence-corrected chi connectivity index (χ1v) is 11.3. The third-order valence-corrected chi connectivity index (χ3v) is 5.80. The fraction of sp³-hybridized carbons (Fsp3) is 0.185. The molecule has 0 radical (unpaired) electrons. The number of halogens is 2. The molecule has 174 valence electrons. The van der Waals surface area contributed by atoms with Gasteiger partial charge in [-0.2, -0.15) is 5.10 Å². The molecule has 1 amide bonds. The number of carbonyl (C=O) groups excluding carboxylic acids is 1. The second-order valence-electron chi connectivity index (χ2n) is 8.19. The van der Waals surface area contributed by atoms with Gasteiger partial charge in [-0.05, 0) is 79.9 Å². The molecule has 0 atom stereocenters. The number of carbonyl (C=O) groups is 1. The number of hydrogen-bond acceptors (Lipinski definition) is 3. The quantitative estimate of drug-likeness (QED) is 0.331. The number of anilines is 1. The Morgan fingerprint density at radius 3 is 2.56 bits per heavy atom. The molecular weight excluding hydrogens is 453 g/mol. The van der Waals surface area contributed by atoms with E-state index in [1.807, 2.05) is 57.2 Å². The molecule has 5 nitrogen and oxygen atoms in total. The summed E-state index contributed by atoms with van der Waals surface area (Å²) in [6, 6.07) is 19.2. The summed E-state index contributed by atoms with van der Waals surface area (Å²) in [4.78, 5) is 13.0. The predicted molar refractivity (Wildman–Crippen MR) is 132 cm³/mol.